The van der Waals surface area contributed by atoms with E-state index >= 15 is 0 Å². The Morgan fingerprint density at radius 1 is 1.46 bits per heavy atom. The third-order valence-corrected chi connectivity index (χ3v) is 2.92. The number of nitrogens with zero attached hydrogens (tertiary/aromatic N) is 1. The molecule has 1 rings (SSSR count). The summed E-state index contributed by atoms with van der Waals surface area (Å²) in [6.45, 7) is 0. The Balaban J connectivity index is 3.47. The molecule has 0 unspecified atom stereocenters. The van der Waals surface area contributed by atoms with Gasteiger partial charge < -0.3 is 5.11 Å². The number of aromatic carboxylic acids is 1. The predicted molar refractivity (Wildman–Crippen MR) is 53.5 cm³/mol. The van der Waals surface area contributed by atoms with Crippen LogP contribution in [0.25, 0.3) is 0 Å². The van der Waals surface area contributed by atoms with Crippen LogP contribution in [-0.2, 0) is 0 Å². The second-order valence-electron chi connectivity index (χ2n) is 2.20. The summed E-state index contributed by atoms with van der Waals surface area (Å²) in [7, 11) is 0. The molecule has 1 aromatic rings. The molecule has 0 fully saturated rings. The zero-order chi connectivity index (χ0) is 10.0. The highest BCUT2D eigenvalue weighted by Crippen LogP contribution is 2.27. The van der Waals surface area contributed by atoms with Crippen LogP contribution in [0.5, 0.6) is 0 Å². The number of hydrogen-bond acceptors (Lipinski definition) is 2. The van der Waals surface area contributed by atoms with Crippen LogP contribution in [0.1, 0.15) is 15.9 Å². The van der Waals surface area contributed by atoms with Crippen molar-refractivity contribution in [3.8, 4) is 6.07 Å². The predicted octanol–water partition coefficient (Wildman–Crippen LogP) is 2.78. The minimum atomic E-state index is -1.06. The zero-order valence-corrected chi connectivity index (χ0v) is 9.39. The number of halogens is 2. The molecule has 0 heterocycles. The Labute approximate surface area is 91.2 Å². The summed E-state index contributed by atoms with van der Waals surface area (Å²) >= 11 is 6.20. The normalized spacial score (nSPS) is 9.31. The highest BCUT2D eigenvalue weighted by atomic mass is 79.9. The first kappa shape index (κ1) is 10.2. The van der Waals surface area contributed by atoms with Crippen molar-refractivity contribution in [1.82, 2.24) is 0 Å². The van der Waals surface area contributed by atoms with Crippen molar-refractivity contribution in [2.75, 3.05) is 0 Å². The van der Waals surface area contributed by atoms with E-state index in [-0.39, 0.29) is 5.56 Å². The molecule has 0 aliphatic carbocycles. The Kier molecular flexibility index (Phi) is 3.07. The van der Waals surface area contributed by atoms with Crippen molar-refractivity contribution in [3.63, 3.8) is 0 Å². The van der Waals surface area contributed by atoms with Gasteiger partial charge in [-0.05, 0) is 44.0 Å². The first-order chi connectivity index (χ1) is 6.07. The summed E-state index contributed by atoms with van der Waals surface area (Å²) in [5.41, 5.74) is 0.375. The van der Waals surface area contributed by atoms with Crippen molar-refractivity contribution in [3.05, 3.63) is 32.2 Å². The lowest BCUT2D eigenvalue weighted by Gasteiger charge is -2.02. The van der Waals surface area contributed by atoms with Gasteiger partial charge in [-0.3, -0.25) is 0 Å². The molecule has 0 aromatic heterocycles. The lowest BCUT2D eigenvalue weighted by molar-refractivity contribution is 0.0696. The smallest absolute Gasteiger partial charge is 0.336 e. The number of benzene rings is 1. The van der Waals surface area contributed by atoms with Gasteiger partial charge in [-0.25, -0.2) is 4.79 Å². The standard InChI is InChI=1S/C8H3Br2NO2/c9-6-2-1-4(8(12)13)7(10)5(6)3-11/h1-2H,(H,12,13). The first-order valence-corrected chi connectivity index (χ1v) is 4.78. The molecule has 0 spiro atoms. The van der Waals surface area contributed by atoms with Crippen LogP contribution in [0, 0.1) is 11.3 Å². The third-order valence-electron chi connectivity index (χ3n) is 1.43. The Hall–Kier alpha value is -0.860. The lowest BCUT2D eigenvalue weighted by Crippen LogP contribution is -1.99. The SMILES string of the molecule is N#Cc1c(Br)ccc(C(=O)O)c1Br. The zero-order valence-electron chi connectivity index (χ0n) is 6.21. The van der Waals surface area contributed by atoms with Crippen molar-refractivity contribution in [2.45, 2.75) is 0 Å². The summed E-state index contributed by atoms with van der Waals surface area (Å²) in [5.74, 6) is -1.06. The van der Waals surface area contributed by atoms with Crippen LogP contribution >= 0.6 is 31.9 Å². The largest absolute Gasteiger partial charge is 0.478 e. The molecule has 0 atom stereocenters. The number of rotatable bonds is 1. The second-order valence-corrected chi connectivity index (χ2v) is 3.85. The van der Waals surface area contributed by atoms with E-state index in [4.69, 9.17) is 10.4 Å². The quantitative estimate of drug-likeness (QED) is 0.868. The fraction of sp³-hybridized carbons (Fsp3) is 0. The molecule has 1 N–H and O–H groups in total. The fourth-order valence-corrected chi connectivity index (χ4v) is 2.11. The van der Waals surface area contributed by atoms with E-state index < -0.39 is 5.97 Å². The molecule has 0 amide bonds. The maximum absolute atomic E-state index is 10.6. The van der Waals surface area contributed by atoms with Crippen LogP contribution in [0.15, 0.2) is 21.1 Å². The first-order valence-electron chi connectivity index (χ1n) is 3.19. The number of carbonyl (C=O) groups is 1. The van der Waals surface area contributed by atoms with E-state index in [0.717, 1.165) is 0 Å². The Morgan fingerprint density at radius 3 is 2.54 bits per heavy atom. The summed E-state index contributed by atoms with van der Waals surface area (Å²) in [5, 5.41) is 17.4. The molecule has 0 radical (unpaired) electrons. The highest BCUT2D eigenvalue weighted by molar-refractivity contribution is 9.11. The molecule has 66 valence electrons. The molecule has 1 aromatic carbocycles. The summed E-state index contributed by atoms with van der Waals surface area (Å²) in [6, 6.07) is 4.86. The van der Waals surface area contributed by atoms with Crippen LogP contribution < -0.4 is 0 Å². The maximum atomic E-state index is 10.6. The molecular weight excluding hydrogens is 302 g/mol. The van der Waals surface area contributed by atoms with Gasteiger partial charge in [-0.2, -0.15) is 5.26 Å². The van der Waals surface area contributed by atoms with Crippen LogP contribution in [0.3, 0.4) is 0 Å². The third kappa shape index (κ3) is 1.90. The van der Waals surface area contributed by atoms with Gasteiger partial charge in [0.1, 0.15) is 6.07 Å². The van der Waals surface area contributed by atoms with E-state index in [1.54, 1.807) is 0 Å². The monoisotopic (exact) mass is 303 g/mol. The number of carboxylic acid groups (broad SMARTS) is 1. The molecule has 0 bridgehead atoms. The minimum absolute atomic E-state index is 0.0831. The van der Waals surface area contributed by atoms with Gasteiger partial charge in [-0.1, -0.05) is 0 Å². The average Bonchev–Trinajstić information content (AvgIpc) is 2.04. The Morgan fingerprint density at radius 2 is 2.08 bits per heavy atom. The van der Waals surface area contributed by atoms with E-state index in [0.29, 0.717) is 14.5 Å². The van der Waals surface area contributed by atoms with E-state index in [9.17, 15) is 4.79 Å². The van der Waals surface area contributed by atoms with Crippen molar-refractivity contribution in [2.24, 2.45) is 0 Å². The summed E-state index contributed by atoms with van der Waals surface area (Å²) in [6.07, 6.45) is 0. The number of nitriles is 1. The highest BCUT2D eigenvalue weighted by Gasteiger charge is 2.13. The number of carboxylic acids is 1. The Bertz CT molecular complexity index is 409. The van der Waals surface area contributed by atoms with Crippen LogP contribution in [-0.4, -0.2) is 11.1 Å². The fourth-order valence-electron chi connectivity index (χ4n) is 0.820. The molecule has 0 aliphatic heterocycles. The van der Waals surface area contributed by atoms with E-state index in [1.807, 2.05) is 6.07 Å². The van der Waals surface area contributed by atoms with Crippen molar-refractivity contribution < 1.29 is 9.90 Å². The molecule has 0 saturated carbocycles. The summed E-state index contributed by atoms with van der Waals surface area (Å²) in [4.78, 5) is 10.6. The molecule has 0 aliphatic rings. The average molecular weight is 305 g/mol. The van der Waals surface area contributed by atoms with Gasteiger partial charge >= 0.3 is 5.97 Å². The van der Waals surface area contributed by atoms with Crippen molar-refractivity contribution >= 4 is 37.8 Å². The second kappa shape index (κ2) is 3.90. The molecule has 0 saturated heterocycles. The van der Waals surface area contributed by atoms with Crippen LogP contribution in [0.2, 0.25) is 0 Å². The lowest BCUT2D eigenvalue weighted by atomic mass is 10.1. The molecular formula is C8H3Br2NO2. The van der Waals surface area contributed by atoms with Crippen molar-refractivity contribution in [1.29, 1.82) is 5.26 Å². The maximum Gasteiger partial charge on any atom is 0.336 e. The van der Waals surface area contributed by atoms with Gasteiger partial charge in [-0.15, -0.1) is 0 Å². The van der Waals surface area contributed by atoms with E-state index in [2.05, 4.69) is 31.9 Å². The van der Waals surface area contributed by atoms with Gasteiger partial charge in [0.2, 0.25) is 0 Å². The number of hydrogen-bond donors (Lipinski definition) is 1. The van der Waals surface area contributed by atoms with Crippen LogP contribution in [0.4, 0.5) is 0 Å². The van der Waals surface area contributed by atoms with E-state index in [1.165, 1.54) is 12.1 Å². The molecule has 5 heteroatoms. The molecule has 3 nitrogen and oxygen atoms in total. The van der Waals surface area contributed by atoms with Gasteiger partial charge in [0.25, 0.3) is 0 Å². The van der Waals surface area contributed by atoms with Gasteiger partial charge in [0.05, 0.1) is 15.6 Å². The van der Waals surface area contributed by atoms with Gasteiger partial charge in [0, 0.05) is 4.47 Å². The topological polar surface area (TPSA) is 61.1 Å². The minimum Gasteiger partial charge on any atom is -0.478 e. The molecule has 13 heavy (non-hydrogen) atoms. The summed E-state index contributed by atoms with van der Waals surface area (Å²) < 4.78 is 0.878. The van der Waals surface area contributed by atoms with Gasteiger partial charge in [0.15, 0.2) is 0 Å².